The number of nitrogens with zero attached hydrogens (tertiary/aromatic N) is 1. The summed E-state index contributed by atoms with van der Waals surface area (Å²) in [6, 6.07) is 4.57. The van der Waals surface area contributed by atoms with Gasteiger partial charge in [0.25, 0.3) is 5.91 Å². The number of rotatable bonds is 3. The molecule has 4 nitrogen and oxygen atoms in total. The predicted molar refractivity (Wildman–Crippen MR) is 65.4 cm³/mol. The van der Waals surface area contributed by atoms with Crippen LogP contribution in [0.4, 0.5) is 0 Å². The topological polar surface area (TPSA) is 46.6 Å². The first-order valence-corrected chi connectivity index (χ1v) is 5.48. The monoisotopic (exact) mass is 275 g/mol. The van der Waals surface area contributed by atoms with Crippen LogP contribution in [0, 0.1) is 0 Å². The van der Waals surface area contributed by atoms with Crippen molar-refractivity contribution >= 4 is 35.1 Å². The highest BCUT2D eigenvalue weighted by Crippen LogP contribution is 2.21. The molecular formula is C11H11Cl2NO3. The van der Waals surface area contributed by atoms with E-state index in [2.05, 4.69) is 4.74 Å². The van der Waals surface area contributed by atoms with Crippen molar-refractivity contribution in [1.82, 2.24) is 4.90 Å². The summed E-state index contributed by atoms with van der Waals surface area (Å²) < 4.78 is 4.47. The van der Waals surface area contributed by atoms with Gasteiger partial charge in [0.05, 0.1) is 17.7 Å². The number of carbonyl (C=O) groups is 2. The quantitative estimate of drug-likeness (QED) is 0.795. The largest absolute Gasteiger partial charge is 0.468 e. The molecule has 0 aliphatic heterocycles. The van der Waals surface area contributed by atoms with Crippen molar-refractivity contribution in [3.8, 4) is 0 Å². The van der Waals surface area contributed by atoms with Gasteiger partial charge in [0.1, 0.15) is 6.54 Å². The van der Waals surface area contributed by atoms with Gasteiger partial charge in [-0.3, -0.25) is 9.59 Å². The molecule has 0 N–H and O–H groups in total. The average Bonchev–Trinajstić information content (AvgIpc) is 2.31. The number of ether oxygens (including phenoxy) is 1. The summed E-state index contributed by atoms with van der Waals surface area (Å²) in [5.41, 5.74) is 0.255. The SMILES string of the molecule is COC(=O)CN(C)C(=O)c1cc(Cl)ccc1Cl. The fourth-order valence-electron chi connectivity index (χ4n) is 1.20. The Labute approximate surface area is 109 Å². The highest BCUT2D eigenvalue weighted by molar-refractivity contribution is 6.35. The zero-order chi connectivity index (χ0) is 13.0. The lowest BCUT2D eigenvalue weighted by atomic mass is 10.2. The molecule has 0 saturated carbocycles. The number of methoxy groups -OCH3 is 1. The first-order chi connectivity index (χ1) is 7.95. The zero-order valence-electron chi connectivity index (χ0n) is 9.37. The van der Waals surface area contributed by atoms with Gasteiger partial charge in [-0.15, -0.1) is 0 Å². The number of hydrogen-bond acceptors (Lipinski definition) is 3. The van der Waals surface area contributed by atoms with Crippen LogP contribution in [-0.4, -0.2) is 37.5 Å². The van der Waals surface area contributed by atoms with Crippen LogP contribution in [0.15, 0.2) is 18.2 Å². The molecule has 0 aliphatic carbocycles. The summed E-state index contributed by atoms with van der Waals surface area (Å²) >= 11 is 11.7. The predicted octanol–water partition coefficient (Wildman–Crippen LogP) is 2.24. The van der Waals surface area contributed by atoms with Crippen molar-refractivity contribution in [2.75, 3.05) is 20.7 Å². The minimum absolute atomic E-state index is 0.141. The van der Waals surface area contributed by atoms with Gasteiger partial charge in [-0.05, 0) is 18.2 Å². The standard InChI is InChI=1S/C11H11Cl2NO3/c1-14(6-10(15)17-2)11(16)8-5-7(12)3-4-9(8)13/h3-5H,6H2,1-2H3. The number of likely N-dealkylation sites (N-methyl/N-ethyl adjacent to an activating group) is 1. The normalized spacial score (nSPS) is 9.88. The molecule has 0 unspecified atom stereocenters. The fraction of sp³-hybridized carbons (Fsp3) is 0.273. The van der Waals surface area contributed by atoms with Crippen LogP contribution >= 0.6 is 23.2 Å². The molecule has 0 aromatic heterocycles. The Hall–Kier alpha value is -1.26. The summed E-state index contributed by atoms with van der Waals surface area (Å²) in [5, 5.41) is 0.695. The zero-order valence-corrected chi connectivity index (χ0v) is 10.9. The van der Waals surface area contributed by atoms with Gasteiger partial charge in [0.2, 0.25) is 0 Å². The highest BCUT2D eigenvalue weighted by atomic mass is 35.5. The maximum Gasteiger partial charge on any atom is 0.325 e. The maximum absolute atomic E-state index is 11.9. The van der Waals surface area contributed by atoms with E-state index in [1.807, 2.05) is 0 Å². The Bertz CT molecular complexity index is 448. The molecule has 0 bridgehead atoms. The van der Waals surface area contributed by atoms with E-state index < -0.39 is 5.97 Å². The molecule has 0 fully saturated rings. The van der Waals surface area contributed by atoms with Gasteiger partial charge in [-0.2, -0.15) is 0 Å². The second kappa shape index (κ2) is 5.89. The number of esters is 1. The van der Waals surface area contributed by atoms with Crippen molar-refractivity contribution in [2.24, 2.45) is 0 Å². The molecule has 0 atom stereocenters. The molecule has 6 heteroatoms. The Kier molecular flexibility index (Phi) is 4.78. The third-order valence-electron chi connectivity index (χ3n) is 2.10. The fourth-order valence-corrected chi connectivity index (χ4v) is 1.57. The highest BCUT2D eigenvalue weighted by Gasteiger charge is 2.18. The lowest BCUT2D eigenvalue weighted by Gasteiger charge is -2.16. The molecule has 0 saturated heterocycles. The average molecular weight is 276 g/mol. The number of carbonyl (C=O) groups excluding carboxylic acids is 2. The van der Waals surface area contributed by atoms with Crippen LogP contribution in [0.3, 0.4) is 0 Å². The van der Waals surface area contributed by atoms with E-state index in [-0.39, 0.29) is 23.0 Å². The summed E-state index contributed by atoms with van der Waals surface area (Å²) in [5.74, 6) is -0.887. The Morgan fingerprint density at radius 3 is 2.59 bits per heavy atom. The first-order valence-electron chi connectivity index (χ1n) is 4.73. The third kappa shape index (κ3) is 3.61. The Balaban J connectivity index is 2.88. The van der Waals surface area contributed by atoms with E-state index in [0.717, 1.165) is 0 Å². The van der Waals surface area contributed by atoms with Crippen molar-refractivity contribution < 1.29 is 14.3 Å². The van der Waals surface area contributed by atoms with Crippen LogP contribution in [0.5, 0.6) is 0 Å². The Morgan fingerprint density at radius 2 is 2.00 bits per heavy atom. The van der Waals surface area contributed by atoms with Gasteiger partial charge in [-0.1, -0.05) is 23.2 Å². The maximum atomic E-state index is 11.9. The smallest absolute Gasteiger partial charge is 0.325 e. The molecule has 0 radical (unpaired) electrons. The van der Waals surface area contributed by atoms with Crippen molar-refractivity contribution in [1.29, 1.82) is 0 Å². The van der Waals surface area contributed by atoms with Crippen LogP contribution in [0.1, 0.15) is 10.4 Å². The third-order valence-corrected chi connectivity index (χ3v) is 2.66. The van der Waals surface area contributed by atoms with Gasteiger partial charge >= 0.3 is 5.97 Å². The van der Waals surface area contributed by atoms with Crippen LogP contribution < -0.4 is 0 Å². The second-order valence-electron chi connectivity index (χ2n) is 3.36. The molecule has 17 heavy (non-hydrogen) atoms. The van der Waals surface area contributed by atoms with E-state index in [0.29, 0.717) is 5.02 Å². The summed E-state index contributed by atoms with van der Waals surface area (Å²) in [6.07, 6.45) is 0. The van der Waals surface area contributed by atoms with Crippen molar-refractivity contribution in [2.45, 2.75) is 0 Å². The van der Waals surface area contributed by atoms with Gasteiger partial charge in [-0.25, -0.2) is 0 Å². The van der Waals surface area contributed by atoms with Gasteiger partial charge in [0.15, 0.2) is 0 Å². The molecule has 0 spiro atoms. The van der Waals surface area contributed by atoms with E-state index in [4.69, 9.17) is 23.2 Å². The molecule has 92 valence electrons. The van der Waals surface area contributed by atoms with E-state index in [9.17, 15) is 9.59 Å². The molecular weight excluding hydrogens is 265 g/mol. The minimum atomic E-state index is -0.501. The minimum Gasteiger partial charge on any atom is -0.468 e. The van der Waals surface area contributed by atoms with Crippen molar-refractivity contribution in [3.05, 3.63) is 33.8 Å². The number of hydrogen-bond donors (Lipinski definition) is 0. The second-order valence-corrected chi connectivity index (χ2v) is 4.21. The van der Waals surface area contributed by atoms with E-state index >= 15 is 0 Å². The van der Waals surface area contributed by atoms with E-state index in [1.54, 1.807) is 6.07 Å². The lowest BCUT2D eigenvalue weighted by Crippen LogP contribution is -2.32. The molecule has 1 amide bonds. The van der Waals surface area contributed by atoms with Crippen molar-refractivity contribution in [3.63, 3.8) is 0 Å². The summed E-state index contributed by atoms with van der Waals surface area (Å²) in [4.78, 5) is 24.2. The summed E-state index contributed by atoms with van der Waals surface area (Å²) in [7, 11) is 2.74. The van der Waals surface area contributed by atoms with Crippen LogP contribution in [0.2, 0.25) is 10.0 Å². The number of amides is 1. The van der Waals surface area contributed by atoms with Gasteiger partial charge < -0.3 is 9.64 Å². The van der Waals surface area contributed by atoms with Crippen LogP contribution in [0.25, 0.3) is 0 Å². The van der Waals surface area contributed by atoms with Gasteiger partial charge in [0, 0.05) is 12.1 Å². The first kappa shape index (κ1) is 13.8. The van der Waals surface area contributed by atoms with Crippen LogP contribution in [-0.2, 0) is 9.53 Å². The molecule has 0 heterocycles. The summed E-state index contributed by atoms with van der Waals surface area (Å²) in [6.45, 7) is -0.141. The lowest BCUT2D eigenvalue weighted by molar-refractivity contribution is -0.141. The molecule has 1 aromatic carbocycles. The molecule has 1 aromatic rings. The molecule has 0 aliphatic rings. The molecule has 1 rings (SSSR count). The van der Waals surface area contributed by atoms with E-state index in [1.165, 1.54) is 31.2 Å². The number of halogens is 2. The number of benzene rings is 1. The Morgan fingerprint density at radius 1 is 1.35 bits per heavy atom.